The zero-order chi connectivity index (χ0) is 13.6. The van der Waals surface area contributed by atoms with E-state index in [2.05, 4.69) is 54.6 Å². The maximum Gasteiger partial charge on any atom is 0.108 e. The van der Waals surface area contributed by atoms with Crippen molar-refractivity contribution in [3.05, 3.63) is 95.4 Å². The van der Waals surface area contributed by atoms with Crippen LogP contribution in [0.15, 0.2) is 77.4 Å². The Balaban J connectivity index is 1.70. The van der Waals surface area contributed by atoms with E-state index in [9.17, 15) is 0 Å². The summed E-state index contributed by atoms with van der Waals surface area (Å²) in [6, 6.07) is 22.7. The lowest BCUT2D eigenvalue weighted by atomic mass is 10.1. The van der Waals surface area contributed by atoms with Crippen molar-refractivity contribution < 1.29 is 4.42 Å². The van der Waals surface area contributed by atoms with E-state index in [4.69, 9.17) is 4.42 Å². The summed E-state index contributed by atoms with van der Waals surface area (Å²) in [6.07, 6.45) is 6.81. The van der Waals surface area contributed by atoms with E-state index in [1.807, 2.05) is 24.3 Å². The van der Waals surface area contributed by atoms with E-state index in [0.29, 0.717) is 0 Å². The minimum Gasteiger partial charge on any atom is -0.468 e. The molecule has 3 rings (SSSR count). The van der Waals surface area contributed by atoms with Crippen LogP contribution in [0.3, 0.4) is 0 Å². The first kappa shape index (κ1) is 12.5. The third kappa shape index (κ3) is 3.27. The lowest BCUT2D eigenvalue weighted by molar-refractivity contribution is 0.520. The molecule has 0 fully saturated rings. The van der Waals surface area contributed by atoms with E-state index in [0.717, 1.165) is 17.7 Å². The Morgan fingerprint density at radius 2 is 1.40 bits per heavy atom. The molecule has 1 heterocycles. The zero-order valence-electron chi connectivity index (χ0n) is 11.2. The van der Waals surface area contributed by atoms with Gasteiger partial charge in [0.05, 0.1) is 6.26 Å². The Bertz CT molecular complexity index is 678. The predicted octanol–water partition coefficient (Wildman–Crippen LogP) is 5.04. The predicted molar refractivity (Wildman–Crippen MR) is 83.3 cm³/mol. The van der Waals surface area contributed by atoms with Gasteiger partial charge in [-0.2, -0.15) is 0 Å². The summed E-state index contributed by atoms with van der Waals surface area (Å²) >= 11 is 0. The van der Waals surface area contributed by atoms with E-state index in [1.165, 1.54) is 11.1 Å². The third-order valence-corrected chi connectivity index (χ3v) is 3.16. The molecule has 0 unspecified atom stereocenters. The van der Waals surface area contributed by atoms with Crippen molar-refractivity contribution >= 4 is 12.2 Å². The minimum absolute atomic E-state index is 0.833. The topological polar surface area (TPSA) is 13.1 Å². The summed E-state index contributed by atoms with van der Waals surface area (Å²) in [7, 11) is 0. The molecule has 1 nitrogen and oxygen atoms in total. The van der Waals surface area contributed by atoms with Gasteiger partial charge in [-0.3, -0.25) is 0 Å². The van der Waals surface area contributed by atoms with Gasteiger partial charge >= 0.3 is 0 Å². The van der Waals surface area contributed by atoms with Crippen LogP contribution in [0, 0.1) is 0 Å². The van der Waals surface area contributed by atoms with E-state index < -0.39 is 0 Å². The standard InChI is InChI=1S/C19H16O/c1-3-7-16(8-4-1)11-12-18-14-19(20-15-18)13-17-9-5-2-6-10-17/h1-12,14-15H,13H2/b12-11+. The summed E-state index contributed by atoms with van der Waals surface area (Å²) in [6.45, 7) is 0. The number of benzene rings is 2. The Morgan fingerprint density at radius 1 is 0.750 bits per heavy atom. The first-order chi connectivity index (χ1) is 9.90. The lowest BCUT2D eigenvalue weighted by Crippen LogP contribution is -1.83. The summed E-state index contributed by atoms with van der Waals surface area (Å²) in [4.78, 5) is 0. The summed E-state index contributed by atoms with van der Waals surface area (Å²) in [5.74, 6) is 0.990. The van der Waals surface area contributed by atoms with Crippen LogP contribution in [-0.2, 0) is 6.42 Å². The van der Waals surface area contributed by atoms with E-state index in [1.54, 1.807) is 6.26 Å². The highest BCUT2D eigenvalue weighted by molar-refractivity contribution is 5.69. The molecule has 0 aliphatic rings. The first-order valence-electron chi connectivity index (χ1n) is 6.75. The fourth-order valence-electron chi connectivity index (χ4n) is 2.13. The molecule has 1 aromatic heterocycles. The Hall–Kier alpha value is -2.54. The smallest absolute Gasteiger partial charge is 0.108 e. The van der Waals surface area contributed by atoms with Gasteiger partial charge in [-0.25, -0.2) is 0 Å². The maximum atomic E-state index is 5.61. The van der Waals surface area contributed by atoms with Crippen LogP contribution < -0.4 is 0 Å². The SMILES string of the molecule is C(=C\c1coc(Cc2ccccc2)c1)/c1ccccc1. The monoisotopic (exact) mass is 260 g/mol. The third-order valence-electron chi connectivity index (χ3n) is 3.16. The molecular weight excluding hydrogens is 244 g/mol. The molecule has 98 valence electrons. The molecule has 0 spiro atoms. The van der Waals surface area contributed by atoms with Gasteiger partial charge in [-0.05, 0) is 17.2 Å². The quantitative estimate of drug-likeness (QED) is 0.640. The molecule has 0 atom stereocenters. The summed E-state index contributed by atoms with van der Waals surface area (Å²) < 4.78 is 5.61. The Labute approximate surface area is 119 Å². The van der Waals surface area contributed by atoms with E-state index >= 15 is 0 Å². The molecule has 0 radical (unpaired) electrons. The van der Waals surface area contributed by atoms with Gasteiger partial charge in [0.15, 0.2) is 0 Å². The van der Waals surface area contributed by atoms with Crippen molar-refractivity contribution in [2.45, 2.75) is 6.42 Å². The molecule has 0 aliphatic heterocycles. The zero-order valence-corrected chi connectivity index (χ0v) is 11.2. The Morgan fingerprint density at radius 3 is 2.15 bits per heavy atom. The van der Waals surface area contributed by atoms with Crippen LogP contribution in [0.1, 0.15) is 22.5 Å². The molecule has 2 aromatic carbocycles. The summed E-state index contributed by atoms with van der Waals surface area (Å²) in [5.41, 5.74) is 3.55. The van der Waals surface area contributed by atoms with E-state index in [-0.39, 0.29) is 0 Å². The average molecular weight is 260 g/mol. The second-order valence-electron chi connectivity index (χ2n) is 4.75. The maximum absolute atomic E-state index is 5.61. The van der Waals surface area contributed by atoms with Crippen molar-refractivity contribution in [2.24, 2.45) is 0 Å². The number of furan rings is 1. The van der Waals surface area contributed by atoms with Crippen LogP contribution in [0.25, 0.3) is 12.2 Å². The molecule has 20 heavy (non-hydrogen) atoms. The molecule has 1 heteroatoms. The lowest BCUT2D eigenvalue weighted by Gasteiger charge is -1.95. The van der Waals surface area contributed by atoms with Crippen LogP contribution in [0.5, 0.6) is 0 Å². The largest absolute Gasteiger partial charge is 0.468 e. The molecule has 0 aliphatic carbocycles. The van der Waals surface area contributed by atoms with Crippen molar-refractivity contribution in [1.29, 1.82) is 0 Å². The molecule has 3 aromatic rings. The van der Waals surface area contributed by atoms with Gasteiger partial charge in [0.2, 0.25) is 0 Å². The molecule has 0 N–H and O–H groups in total. The van der Waals surface area contributed by atoms with Gasteiger partial charge in [0.25, 0.3) is 0 Å². The van der Waals surface area contributed by atoms with Gasteiger partial charge in [-0.15, -0.1) is 0 Å². The minimum atomic E-state index is 0.833. The molecule has 0 bridgehead atoms. The van der Waals surface area contributed by atoms with Crippen LogP contribution in [-0.4, -0.2) is 0 Å². The highest BCUT2D eigenvalue weighted by atomic mass is 16.3. The second kappa shape index (κ2) is 6.07. The first-order valence-corrected chi connectivity index (χ1v) is 6.75. The number of rotatable bonds is 4. The van der Waals surface area contributed by atoms with Gasteiger partial charge in [-0.1, -0.05) is 72.8 Å². The average Bonchev–Trinajstić information content (AvgIpc) is 2.95. The van der Waals surface area contributed by atoms with Crippen LogP contribution in [0.4, 0.5) is 0 Å². The Kier molecular flexibility index (Phi) is 3.79. The number of hydrogen-bond donors (Lipinski definition) is 0. The van der Waals surface area contributed by atoms with Gasteiger partial charge in [0, 0.05) is 12.0 Å². The molecule has 0 amide bonds. The van der Waals surface area contributed by atoms with Crippen molar-refractivity contribution in [3.63, 3.8) is 0 Å². The fourth-order valence-corrected chi connectivity index (χ4v) is 2.13. The van der Waals surface area contributed by atoms with Crippen molar-refractivity contribution in [3.8, 4) is 0 Å². The molecule has 0 saturated heterocycles. The van der Waals surface area contributed by atoms with Crippen molar-refractivity contribution in [2.75, 3.05) is 0 Å². The van der Waals surface area contributed by atoms with Crippen LogP contribution in [0.2, 0.25) is 0 Å². The highest BCUT2D eigenvalue weighted by Crippen LogP contribution is 2.15. The van der Waals surface area contributed by atoms with Gasteiger partial charge < -0.3 is 4.42 Å². The molecule has 0 saturated carbocycles. The molecular formula is C19H16O. The summed E-state index contributed by atoms with van der Waals surface area (Å²) in [5, 5.41) is 0. The van der Waals surface area contributed by atoms with Gasteiger partial charge in [0.1, 0.15) is 5.76 Å². The number of hydrogen-bond acceptors (Lipinski definition) is 1. The second-order valence-corrected chi connectivity index (χ2v) is 4.75. The normalized spacial score (nSPS) is 11.0. The fraction of sp³-hybridized carbons (Fsp3) is 0.0526. The van der Waals surface area contributed by atoms with Crippen LogP contribution >= 0.6 is 0 Å². The highest BCUT2D eigenvalue weighted by Gasteiger charge is 2.01. The van der Waals surface area contributed by atoms with Crippen molar-refractivity contribution in [1.82, 2.24) is 0 Å².